The van der Waals surface area contributed by atoms with Crippen LogP contribution >= 0.6 is 11.6 Å². The Balaban J connectivity index is 1.16. The number of nitrogens with one attached hydrogen (secondary N) is 1. The van der Waals surface area contributed by atoms with Crippen LogP contribution in [0.15, 0.2) is 48.5 Å². The van der Waals surface area contributed by atoms with E-state index in [-0.39, 0.29) is 5.91 Å². The molecule has 3 aliphatic rings. The number of hydrogen-bond donors (Lipinski definition) is 1. The minimum Gasteiger partial charge on any atom is -0.368 e. The molecule has 1 heterocycles. The molecule has 2 aromatic carbocycles. The van der Waals surface area contributed by atoms with Crippen molar-refractivity contribution in [1.82, 2.24) is 0 Å². The highest BCUT2D eigenvalue weighted by Crippen LogP contribution is 2.50. The predicted octanol–water partition coefficient (Wildman–Crippen LogP) is 5.93. The second kappa shape index (κ2) is 8.02. The van der Waals surface area contributed by atoms with Crippen molar-refractivity contribution >= 4 is 28.9 Å². The van der Waals surface area contributed by atoms with Crippen molar-refractivity contribution in [3.8, 4) is 0 Å². The third-order valence-corrected chi connectivity index (χ3v) is 7.53. The highest BCUT2D eigenvalue weighted by molar-refractivity contribution is 6.30. The van der Waals surface area contributed by atoms with Gasteiger partial charge in [-0.1, -0.05) is 29.8 Å². The van der Waals surface area contributed by atoms with E-state index < -0.39 is 0 Å². The summed E-state index contributed by atoms with van der Waals surface area (Å²) in [7, 11) is 0. The molecule has 1 aliphatic heterocycles. The zero-order chi connectivity index (χ0) is 19.8. The molecule has 2 aliphatic carbocycles. The van der Waals surface area contributed by atoms with Crippen LogP contribution in [0.2, 0.25) is 5.02 Å². The quantitative estimate of drug-likeness (QED) is 0.680. The van der Waals surface area contributed by atoms with Crippen LogP contribution in [0, 0.1) is 17.8 Å². The SMILES string of the molecule is O=C(CC1C[C@@H]2CC(N3CCCc4ccccc43)C[C@@H]2C1)Nc1ccc(Cl)cc1. The molecule has 0 radical (unpaired) electrons. The summed E-state index contributed by atoms with van der Waals surface area (Å²) >= 11 is 5.92. The normalized spacial score (nSPS) is 28.1. The van der Waals surface area contributed by atoms with Gasteiger partial charge in [-0.2, -0.15) is 0 Å². The van der Waals surface area contributed by atoms with Crippen LogP contribution < -0.4 is 10.2 Å². The Labute approximate surface area is 178 Å². The predicted molar refractivity (Wildman–Crippen MR) is 120 cm³/mol. The van der Waals surface area contributed by atoms with E-state index in [9.17, 15) is 4.79 Å². The monoisotopic (exact) mass is 408 g/mol. The van der Waals surface area contributed by atoms with Crippen molar-refractivity contribution in [3.05, 3.63) is 59.1 Å². The zero-order valence-corrected chi connectivity index (χ0v) is 17.6. The number of para-hydroxylation sites is 1. The summed E-state index contributed by atoms with van der Waals surface area (Å²) in [6, 6.07) is 17.0. The first-order valence-corrected chi connectivity index (χ1v) is 11.4. The van der Waals surface area contributed by atoms with E-state index >= 15 is 0 Å². The van der Waals surface area contributed by atoms with E-state index in [2.05, 4.69) is 34.5 Å². The van der Waals surface area contributed by atoms with Gasteiger partial charge < -0.3 is 10.2 Å². The fourth-order valence-electron chi connectivity index (χ4n) is 6.08. The van der Waals surface area contributed by atoms with Crippen LogP contribution in [0.4, 0.5) is 11.4 Å². The standard InChI is InChI=1S/C25H29ClN2O/c26-21-7-9-22(10-8-21)27-25(29)14-17-12-19-15-23(16-20(19)13-17)28-11-3-5-18-4-1-2-6-24(18)28/h1-2,4,6-10,17,19-20,23H,3,5,11-16H2,(H,27,29)/t17?,19-,20+,23?. The first-order chi connectivity index (χ1) is 14.2. The summed E-state index contributed by atoms with van der Waals surface area (Å²) in [6.45, 7) is 1.20. The molecule has 4 heteroatoms. The summed E-state index contributed by atoms with van der Waals surface area (Å²) in [6.07, 6.45) is 8.16. The number of rotatable bonds is 4. The fraction of sp³-hybridized carbons (Fsp3) is 0.480. The van der Waals surface area contributed by atoms with Crippen LogP contribution in [0.1, 0.15) is 44.1 Å². The molecular weight excluding hydrogens is 380 g/mol. The van der Waals surface area contributed by atoms with Gasteiger partial charge in [-0.3, -0.25) is 4.79 Å². The Hall–Kier alpha value is -2.00. The lowest BCUT2D eigenvalue weighted by Crippen LogP contribution is -2.38. The number of carbonyl (C=O) groups excluding carboxylic acids is 1. The van der Waals surface area contributed by atoms with Gasteiger partial charge in [-0.25, -0.2) is 0 Å². The highest BCUT2D eigenvalue weighted by Gasteiger charge is 2.44. The number of fused-ring (bicyclic) bond motifs is 2. The average molecular weight is 409 g/mol. The third kappa shape index (κ3) is 4.02. The van der Waals surface area contributed by atoms with Gasteiger partial charge in [0.15, 0.2) is 0 Å². The highest BCUT2D eigenvalue weighted by atomic mass is 35.5. The largest absolute Gasteiger partial charge is 0.368 e. The third-order valence-electron chi connectivity index (χ3n) is 7.28. The lowest BCUT2D eigenvalue weighted by Gasteiger charge is -2.37. The molecule has 152 valence electrons. The number of benzene rings is 2. The van der Waals surface area contributed by atoms with Gasteiger partial charge in [-0.15, -0.1) is 0 Å². The minimum absolute atomic E-state index is 0.138. The maximum Gasteiger partial charge on any atom is 0.224 e. The number of hydrogen-bond acceptors (Lipinski definition) is 2. The molecular formula is C25H29ClN2O. The Morgan fingerprint density at radius 1 is 1.00 bits per heavy atom. The molecule has 5 rings (SSSR count). The lowest BCUT2D eigenvalue weighted by molar-refractivity contribution is -0.117. The molecule has 1 N–H and O–H groups in total. The summed E-state index contributed by atoms with van der Waals surface area (Å²) < 4.78 is 0. The zero-order valence-electron chi connectivity index (χ0n) is 16.8. The first-order valence-electron chi connectivity index (χ1n) is 11.1. The molecule has 2 aromatic rings. The molecule has 2 fully saturated rings. The summed E-state index contributed by atoms with van der Waals surface area (Å²) in [5.41, 5.74) is 3.83. The van der Waals surface area contributed by atoms with E-state index in [1.165, 1.54) is 56.3 Å². The fourth-order valence-corrected chi connectivity index (χ4v) is 6.21. The Bertz CT molecular complexity index is 867. The summed E-state index contributed by atoms with van der Waals surface area (Å²) in [5.74, 6) is 2.26. The molecule has 3 nitrogen and oxygen atoms in total. The van der Waals surface area contributed by atoms with Crippen molar-refractivity contribution in [2.75, 3.05) is 16.8 Å². The van der Waals surface area contributed by atoms with Crippen molar-refractivity contribution in [2.24, 2.45) is 17.8 Å². The molecule has 2 unspecified atom stereocenters. The van der Waals surface area contributed by atoms with Gasteiger partial charge in [0.05, 0.1) is 0 Å². The van der Waals surface area contributed by atoms with Crippen LogP contribution in [0.5, 0.6) is 0 Å². The molecule has 2 saturated carbocycles. The Kier molecular flexibility index (Phi) is 5.26. The molecule has 0 aromatic heterocycles. The maximum absolute atomic E-state index is 12.5. The van der Waals surface area contributed by atoms with Gasteiger partial charge in [0.25, 0.3) is 0 Å². The second-order valence-electron chi connectivity index (χ2n) is 9.17. The van der Waals surface area contributed by atoms with E-state index in [0.29, 0.717) is 23.4 Å². The molecule has 0 saturated heterocycles. The molecule has 0 spiro atoms. The number of carbonyl (C=O) groups is 1. The van der Waals surface area contributed by atoms with Gasteiger partial charge >= 0.3 is 0 Å². The van der Waals surface area contributed by atoms with Crippen LogP contribution in [-0.2, 0) is 11.2 Å². The number of halogens is 1. The summed E-state index contributed by atoms with van der Waals surface area (Å²) in [4.78, 5) is 15.2. The molecule has 1 amide bonds. The van der Waals surface area contributed by atoms with Crippen LogP contribution in [0.25, 0.3) is 0 Å². The number of amides is 1. The maximum atomic E-state index is 12.5. The smallest absolute Gasteiger partial charge is 0.224 e. The van der Waals surface area contributed by atoms with Gasteiger partial charge in [0.1, 0.15) is 0 Å². The van der Waals surface area contributed by atoms with Crippen molar-refractivity contribution in [3.63, 3.8) is 0 Å². The molecule has 0 bridgehead atoms. The molecule has 4 atom stereocenters. The Morgan fingerprint density at radius 2 is 1.72 bits per heavy atom. The van der Waals surface area contributed by atoms with Crippen molar-refractivity contribution in [1.29, 1.82) is 0 Å². The number of aryl methyl sites for hydroxylation is 1. The van der Waals surface area contributed by atoms with Crippen molar-refractivity contribution < 1.29 is 4.79 Å². The summed E-state index contributed by atoms with van der Waals surface area (Å²) in [5, 5.41) is 3.72. The number of nitrogens with zero attached hydrogens (tertiary/aromatic N) is 1. The van der Waals surface area contributed by atoms with Crippen LogP contribution in [0.3, 0.4) is 0 Å². The van der Waals surface area contributed by atoms with Gasteiger partial charge in [0.2, 0.25) is 5.91 Å². The minimum atomic E-state index is 0.138. The van der Waals surface area contributed by atoms with E-state index in [0.717, 1.165) is 17.5 Å². The van der Waals surface area contributed by atoms with E-state index in [4.69, 9.17) is 11.6 Å². The topological polar surface area (TPSA) is 32.3 Å². The van der Waals surface area contributed by atoms with Gasteiger partial charge in [-0.05, 0) is 92.2 Å². The lowest BCUT2D eigenvalue weighted by atomic mass is 9.95. The van der Waals surface area contributed by atoms with Crippen LogP contribution in [-0.4, -0.2) is 18.5 Å². The van der Waals surface area contributed by atoms with Crippen molar-refractivity contribution in [2.45, 2.75) is 51.0 Å². The average Bonchev–Trinajstić information content (AvgIpc) is 3.28. The first kappa shape index (κ1) is 19.0. The van der Waals surface area contributed by atoms with Gasteiger partial charge in [0, 0.05) is 35.4 Å². The molecule has 29 heavy (non-hydrogen) atoms. The van der Waals surface area contributed by atoms with E-state index in [1.807, 2.05) is 24.3 Å². The number of anilines is 2. The van der Waals surface area contributed by atoms with E-state index in [1.54, 1.807) is 0 Å². The second-order valence-corrected chi connectivity index (χ2v) is 9.60. The Morgan fingerprint density at radius 3 is 2.48 bits per heavy atom.